The topological polar surface area (TPSA) is 58.3 Å². The Morgan fingerprint density at radius 3 is 2.43 bits per heavy atom. The van der Waals surface area contributed by atoms with E-state index in [1.165, 1.54) is 12.8 Å². The van der Waals surface area contributed by atoms with E-state index in [4.69, 9.17) is 5.73 Å². The van der Waals surface area contributed by atoms with Crippen molar-refractivity contribution in [2.24, 2.45) is 5.73 Å². The molecular formula is C11H26N2O. The number of nitrogens with two attached hydrogens (primary N) is 1. The molecule has 0 aromatic heterocycles. The molecular weight excluding hydrogens is 176 g/mol. The van der Waals surface area contributed by atoms with Crippen LogP contribution in [-0.2, 0) is 0 Å². The molecule has 0 rings (SSSR count). The van der Waals surface area contributed by atoms with Gasteiger partial charge in [0.05, 0.1) is 6.10 Å². The quantitative estimate of drug-likeness (QED) is 0.555. The van der Waals surface area contributed by atoms with Gasteiger partial charge < -0.3 is 16.2 Å². The number of hydrogen-bond donors (Lipinski definition) is 3. The summed E-state index contributed by atoms with van der Waals surface area (Å²) in [5.41, 5.74) is 5.67. The first-order valence-electron chi connectivity index (χ1n) is 5.74. The zero-order chi connectivity index (χ0) is 11.0. The number of aliphatic hydroxyl groups is 1. The van der Waals surface area contributed by atoms with Crippen molar-refractivity contribution in [2.45, 2.75) is 64.6 Å². The number of aliphatic hydroxyl groups excluding tert-OH is 1. The molecule has 0 fully saturated rings. The highest BCUT2D eigenvalue weighted by Gasteiger charge is 2.11. The van der Waals surface area contributed by atoms with Crippen molar-refractivity contribution in [1.82, 2.24) is 5.32 Å². The summed E-state index contributed by atoms with van der Waals surface area (Å²) in [7, 11) is 0. The largest absolute Gasteiger partial charge is 0.393 e. The van der Waals surface area contributed by atoms with Crippen molar-refractivity contribution in [3.8, 4) is 0 Å². The summed E-state index contributed by atoms with van der Waals surface area (Å²) in [6, 6.07) is 0.754. The second kappa shape index (κ2) is 8.21. The average molecular weight is 202 g/mol. The highest BCUT2D eigenvalue weighted by molar-refractivity contribution is 4.73. The van der Waals surface area contributed by atoms with Crippen LogP contribution in [0.25, 0.3) is 0 Å². The average Bonchev–Trinajstić information content (AvgIpc) is 2.10. The van der Waals surface area contributed by atoms with E-state index in [1.807, 2.05) is 6.92 Å². The monoisotopic (exact) mass is 202 g/mol. The summed E-state index contributed by atoms with van der Waals surface area (Å²) in [5.74, 6) is 0. The Hall–Kier alpha value is -0.120. The standard InChI is InChI=1S/C11H26N2O/c1-4-5-6-11(8-12)13-9(2)7-10(3)14/h9-11,13-14H,4-8,12H2,1-3H3. The van der Waals surface area contributed by atoms with Crippen LogP contribution in [0.3, 0.4) is 0 Å². The van der Waals surface area contributed by atoms with Crippen LogP contribution in [0.2, 0.25) is 0 Å². The Kier molecular flexibility index (Phi) is 8.14. The molecule has 3 nitrogen and oxygen atoms in total. The van der Waals surface area contributed by atoms with Crippen molar-refractivity contribution in [1.29, 1.82) is 0 Å². The molecule has 0 radical (unpaired) electrons. The van der Waals surface area contributed by atoms with Gasteiger partial charge in [-0.1, -0.05) is 19.8 Å². The minimum absolute atomic E-state index is 0.234. The highest BCUT2D eigenvalue weighted by Crippen LogP contribution is 2.03. The molecule has 0 saturated heterocycles. The Labute approximate surface area is 88.1 Å². The van der Waals surface area contributed by atoms with Gasteiger partial charge in [0.1, 0.15) is 0 Å². The molecule has 4 N–H and O–H groups in total. The molecule has 0 saturated carbocycles. The lowest BCUT2D eigenvalue weighted by Gasteiger charge is -2.22. The number of nitrogens with one attached hydrogen (secondary N) is 1. The lowest BCUT2D eigenvalue weighted by molar-refractivity contribution is 0.167. The maximum absolute atomic E-state index is 9.21. The maximum Gasteiger partial charge on any atom is 0.0526 e. The van der Waals surface area contributed by atoms with Crippen molar-refractivity contribution in [3.05, 3.63) is 0 Å². The van der Waals surface area contributed by atoms with E-state index in [0.29, 0.717) is 18.6 Å². The van der Waals surface area contributed by atoms with Gasteiger partial charge in [0.25, 0.3) is 0 Å². The molecule has 0 bridgehead atoms. The van der Waals surface area contributed by atoms with E-state index < -0.39 is 0 Å². The van der Waals surface area contributed by atoms with Gasteiger partial charge in [-0.05, 0) is 26.7 Å². The minimum atomic E-state index is -0.234. The zero-order valence-corrected chi connectivity index (χ0v) is 9.79. The van der Waals surface area contributed by atoms with E-state index in [-0.39, 0.29) is 6.10 Å². The zero-order valence-electron chi connectivity index (χ0n) is 9.79. The van der Waals surface area contributed by atoms with Gasteiger partial charge in [0, 0.05) is 18.6 Å². The van der Waals surface area contributed by atoms with Crippen LogP contribution < -0.4 is 11.1 Å². The van der Waals surface area contributed by atoms with Crippen LogP contribution in [0.5, 0.6) is 0 Å². The Bertz CT molecular complexity index is 128. The lowest BCUT2D eigenvalue weighted by Crippen LogP contribution is -2.42. The Balaban J connectivity index is 3.68. The van der Waals surface area contributed by atoms with Crippen LogP contribution in [-0.4, -0.2) is 29.8 Å². The molecule has 0 heterocycles. The van der Waals surface area contributed by atoms with Gasteiger partial charge in [0.15, 0.2) is 0 Å². The minimum Gasteiger partial charge on any atom is -0.393 e. The Morgan fingerprint density at radius 2 is 2.00 bits per heavy atom. The molecule has 0 aliphatic rings. The Morgan fingerprint density at radius 1 is 1.36 bits per heavy atom. The fourth-order valence-electron chi connectivity index (χ4n) is 1.70. The predicted octanol–water partition coefficient (Wildman–Crippen LogP) is 1.25. The molecule has 3 heteroatoms. The second-order valence-corrected chi connectivity index (χ2v) is 4.23. The summed E-state index contributed by atoms with van der Waals surface area (Å²) in [4.78, 5) is 0. The summed E-state index contributed by atoms with van der Waals surface area (Å²) in [6.07, 6.45) is 4.13. The third kappa shape index (κ3) is 7.30. The predicted molar refractivity (Wildman–Crippen MR) is 61.3 cm³/mol. The van der Waals surface area contributed by atoms with E-state index in [9.17, 15) is 5.11 Å². The van der Waals surface area contributed by atoms with Crippen LogP contribution in [0, 0.1) is 0 Å². The number of hydrogen-bond acceptors (Lipinski definition) is 3. The van der Waals surface area contributed by atoms with E-state index in [0.717, 1.165) is 12.8 Å². The van der Waals surface area contributed by atoms with E-state index >= 15 is 0 Å². The van der Waals surface area contributed by atoms with Gasteiger partial charge in [-0.25, -0.2) is 0 Å². The third-order valence-electron chi connectivity index (χ3n) is 2.41. The maximum atomic E-state index is 9.21. The highest BCUT2D eigenvalue weighted by atomic mass is 16.3. The summed E-state index contributed by atoms with van der Waals surface area (Å²) in [6.45, 7) is 6.79. The van der Waals surface area contributed by atoms with Crippen molar-refractivity contribution < 1.29 is 5.11 Å². The van der Waals surface area contributed by atoms with Crippen LogP contribution >= 0.6 is 0 Å². The number of unbranched alkanes of at least 4 members (excludes halogenated alkanes) is 1. The summed E-state index contributed by atoms with van der Waals surface area (Å²) in [5, 5.41) is 12.7. The summed E-state index contributed by atoms with van der Waals surface area (Å²) >= 11 is 0. The normalized spacial score (nSPS) is 17.8. The number of rotatable bonds is 8. The van der Waals surface area contributed by atoms with Gasteiger partial charge >= 0.3 is 0 Å². The molecule has 0 spiro atoms. The van der Waals surface area contributed by atoms with Crippen LogP contribution in [0.1, 0.15) is 46.5 Å². The van der Waals surface area contributed by atoms with Crippen molar-refractivity contribution in [2.75, 3.05) is 6.54 Å². The molecule has 0 aliphatic carbocycles. The van der Waals surface area contributed by atoms with Gasteiger partial charge in [-0.15, -0.1) is 0 Å². The van der Waals surface area contributed by atoms with Gasteiger partial charge in [-0.3, -0.25) is 0 Å². The first-order valence-corrected chi connectivity index (χ1v) is 5.74. The summed E-state index contributed by atoms with van der Waals surface area (Å²) < 4.78 is 0. The molecule has 0 aromatic rings. The molecule has 3 unspecified atom stereocenters. The SMILES string of the molecule is CCCCC(CN)NC(C)CC(C)O. The molecule has 86 valence electrons. The van der Waals surface area contributed by atoms with Crippen LogP contribution in [0.15, 0.2) is 0 Å². The fraction of sp³-hybridized carbons (Fsp3) is 1.00. The van der Waals surface area contributed by atoms with Crippen LogP contribution in [0.4, 0.5) is 0 Å². The third-order valence-corrected chi connectivity index (χ3v) is 2.41. The fourth-order valence-corrected chi connectivity index (χ4v) is 1.70. The van der Waals surface area contributed by atoms with Gasteiger partial charge in [-0.2, -0.15) is 0 Å². The molecule has 3 atom stereocenters. The first-order chi connectivity index (χ1) is 6.60. The van der Waals surface area contributed by atoms with E-state index in [2.05, 4.69) is 19.2 Å². The molecule has 0 amide bonds. The van der Waals surface area contributed by atoms with Gasteiger partial charge in [0.2, 0.25) is 0 Å². The van der Waals surface area contributed by atoms with Crippen molar-refractivity contribution in [3.63, 3.8) is 0 Å². The smallest absolute Gasteiger partial charge is 0.0526 e. The molecule has 0 aromatic carbocycles. The first kappa shape index (κ1) is 13.9. The molecule has 0 aliphatic heterocycles. The van der Waals surface area contributed by atoms with E-state index in [1.54, 1.807) is 0 Å². The van der Waals surface area contributed by atoms with Crippen molar-refractivity contribution >= 4 is 0 Å². The lowest BCUT2D eigenvalue weighted by atomic mass is 10.1. The molecule has 14 heavy (non-hydrogen) atoms. The second-order valence-electron chi connectivity index (χ2n) is 4.23.